The van der Waals surface area contributed by atoms with Crippen molar-refractivity contribution in [2.24, 2.45) is 0 Å². The molecule has 6 heteroatoms. The number of nitrogens with one attached hydrogen (secondary N) is 1. The molecule has 0 fully saturated rings. The number of hydrogen-bond acceptors (Lipinski definition) is 5. The standard InChI is InChI=1S/C67H129NO5/c1-3-5-7-9-11-13-15-17-19-20-26-29-32-35-39-43-47-51-55-59-65(70)64(63-69)68-66(71)60-56-52-48-44-40-36-33-30-27-24-22-21-23-25-28-31-34-38-42-46-50-54-58-62-73-67(72)61-57-53-49-45-41-37-18-16-14-12-10-8-6-4-2/h10,12,16,18,64-65,69-70H,3-9,11,13-15,17,19-63H2,1-2H3,(H,68,71)/b12-10-,18-16-. The number of carbonyl (C=O) groups is 2. The molecule has 0 heterocycles. The summed E-state index contributed by atoms with van der Waals surface area (Å²) in [5.74, 6) is -0.0306. The van der Waals surface area contributed by atoms with Gasteiger partial charge in [0, 0.05) is 12.8 Å². The van der Waals surface area contributed by atoms with Crippen molar-refractivity contribution >= 4 is 11.9 Å². The Kier molecular flexibility index (Phi) is 61.4. The highest BCUT2D eigenvalue weighted by Gasteiger charge is 2.20. The second-order valence-corrected chi connectivity index (χ2v) is 22.8. The minimum absolute atomic E-state index is 0.000422. The van der Waals surface area contributed by atoms with Gasteiger partial charge < -0.3 is 20.3 Å². The SMILES string of the molecule is CCCC/C=C\C/C=C\CCCCCCCC(=O)OCCCCCCCCCCCCCCCCCCCCCCCCCC(=O)NC(CO)C(O)CCCCCCCCCCCCCCCCCCCCC. The van der Waals surface area contributed by atoms with Crippen molar-refractivity contribution in [2.75, 3.05) is 13.2 Å². The summed E-state index contributed by atoms with van der Waals surface area (Å²) in [4.78, 5) is 24.6. The highest BCUT2D eigenvalue weighted by atomic mass is 16.5. The van der Waals surface area contributed by atoms with Crippen molar-refractivity contribution in [3.8, 4) is 0 Å². The van der Waals surface area contributed by atoms with E-state index >= 15 is 0 Å². The van der Waals surface area contributed by atoms with Crippen molar-refractivity contribution in [1.29, 1.82) is 0 Å². The van der Waals surface area contributed by atoms with Gasteiger partial charge in [0.2, 0.25) is 5.91 Å². The largest absolute Gasteiger partial charge is 0.466 e. The summed E-state index contributed by atoms with van der Waals surface area (Å²) < 4.78 is 5.48. The van der Waals surface area contributed by atoms with Crippen molar-refractivity contribution in [2.45, 2.75) is 379 Å². The molecule has 0 aliphatic rings. The van der Waals surface area contributed by atoms with Crippen LogP contribution in [0.5, 0.6) is 0 Å². The average molecular weight is 1030 g/mol. The van der Waals surface area contributed by atoms with Crippen LogP contribution in [0, 0.1) is 0 Å². The number of ether oxygens (including phenoxy) is 1. The number of amides is 1. The summed E-state index contributed by atoms with van der Waals surface area (Å²) in [6, 6.07) is -0.542. The maximum atomic E-state index is 12.5. The van der Waals surface area contributed by atoms with Crippen LogP contribution in [0.3, 0.4) is 0 Å². The van der Waals surface area contributed by atoms with Crippen LogP contribution < -0.4 is 5.32 Å². The van der Waals surface area contributed by atoms with E-state index in [1.165, 1.54) is 283 Å². The Bertz CT molecular complexity index is 1140. The van der Waals surface area contributed by atoms with E-state index in [-0.39, 0.29) is 18.5 Å². The van der Waals surface area contributed by atoms with E-state index in [1.54, 1.807) is 0 Å². The summed E-state index contributed by atoms with van der Waals surface area (Å²) >= 11 is 0. The Morgan fingerprint density at radius 2 is 0.699 bits per heavy atom. The van der Waals surface area contributed by atoms with Gasteiger partial charge in [-0.2, -0.15) is 0 Å². The summed E-state index contributed by atoms with van der Waals surface area (Å²) in [6.45, 7) is 4.94. The Hall–Kier alpha value is -1.66. The van der Waals surface area contributed by atoms with Gasteiger partial charge >= 0.3 is 5.97 Å². The maximum Gasteiger partial charge on any atom is 0.305 e. The molecule has 0 bridgehead atoms. The van der Waals surface area contributed by atoms with E-state index in [0.717, 1.165) is 51.4 Å². The molecule has 73 heavy (non-hydrogen) atoms. The van der Waals surface area contributed by atoms with Crippen LogP contribution in [-0.4, -0.2) is 47.4 Å². The van der Waals surface area contributed by atoms with Gasteiger partial charge in [-0.3, -0.25) is 9.59 Å². The molecule has 2 atom stereocenters. The first kappa shape index (κ1) is 71.3. The summed E-state index contributed by atoms with van der Waals surface area (Å²) in [6.07, 6.45) is 77.7. The molecule has 0 aliphatic heterocycles. The van der Waals surface area contributed by atoms with Crippen molar-refractivity contribution in [3.05, 3.63) is 24.3 Å². The summed E-state index contributed by atoms with van der Waals surface area (Å²) in [7, 11) is 0. The molecule has 3 N–H and O–H groups in total. The molecule has 0 aromatic heterocycles. The molecule has 0 saturated carbocycles. The third-order valence-electron chi connectivity index (χ3n) is 15.5. The van der Waals surface area contributed by atoms with Crippen LogP contribution in [-0.2, 0) is 14.3 Å². The first-order valence-corrected chi connectivity index (χ1v) is 33.1. The second-order valence-electron chi connectivity index (χ2n) is 22.8. The molecular weight excluding hydrogens is 899 g/mol. The quantitative estimate of drug-likeness (QED) is 0.0320. The number of hydrogen-bond donors (Lipinski definition) is 3. The van der Waals surface area contributed by atoms with E-state index in [0.29, 0.717) is 25.9 Å². The average Bonchev–Trinajstić information content (AvgIpc) is 3.39. The van der Waals surface area contributed by atoms with Gasteiger partial charge in [0.15, 0.2) is 0 Å². The van der Waals surface area contributed by atoms with Gasteiger partial charge in [-0.15, -0.1) is 0 Å². The molecule has 0 spiro atoms. The minimum Gasteiger partial charge on any atom is -0.466 e. The lowest BCUT2D eigenvalue weighted by Crippen LogP contribution is -2.45. The van der Waals surface area contributed by atoms with E-state index in [9.17, 15) is 19.8 Å². The summed E-state index contributed by atoms with van der Waals surface area (Å²) in [5, 5.41) is 23.4. The molecular formula is C67H129NO5. The van der Waals surface area contributed by atoms with Gasteiger partial charge in [0.1, 0.15) is 0 Å². The van der Waals surface area contributed by atoms with E-state index in [1.807, 2.05) is 0 Å². The Morgan fingerprint density at radius 3 is 1.08 bits per heavy atom. The first-order chi connectivity index (χ1) is 36.0. The second kappa shape index (κ2) is 62.9. The zero-order chi connectivity index (χ0) is 52.9. The molecule has 0 radical (unpaired) electrons. The first-order valence-electron chi connectivity index (χ1n) is 33.1. The number of carbonyl (C=O) groups excluding carboxylic acids is 2. The molecule has 2 unspecified atom stereocenters. The van der Waals surface area contributed by atoms with Crippen LogP contribution in [0.25, 0.3) is 0 Å². The molecule has 0 rings (SSSR count). The topological polar surface area (TPSA) is 95.9 Å². The highest BCUT2D eigenvalue weighted by molar-refractivity contribution is 5.76. The fraction of sp³-hybridized carbons (Fsp3) is 0.910. The predicted octanol–water partition coefficient (Wildman–Crippen LogP) is 21.0. The zero-order valence-electron chi connectivity index (χ0n) is 49.4. The Balaban J connectivity index is 3.38. The Labute approximate surface area is 456 Å². The number of aliphatic hydroxyl groups is 2. The third kappa shape index (κ3) is 59.4. The molecule has 0 aliphatic carbocycles. The molecule has 0 aromatic carbocycles. The van der Waals surface area contributed by atoms with Crippen LogP contribution in [0.4, 0.5) is 0 Å². The van der Waals surface area contributed by atoms with Crippen molar-refractivity contribution in [3.63, 3.8) is 0 Å². The maximum absolute atomic E-state index is 12.5. The molecule has 0 aromatic rings. The molecule has 6 nitrogen and oxygen atoms in total. The van der Waals surface area contributed by atoms with E-state index in [2.05, 4.69) is 43.5 Å². The number of unbranched alkanes of at least 4 members (excludes halogenated alkanes) is 47. The molecule has 1 amide bonds. The van der Waals surface area contributed by atoms with Crippen LogP contribution in [0.1, 0.15) is 367 Å². The number of allylic oxidation sites excluding steroid dienone is 4. The number of rotatable bonds is 62. The van der Waals surface area contributed by atoms with Crippen molar-refractivity contribution < 1.29 is 24.5 Å². The lowest BCUT2D eigenvalue weighted by atomic mass is 10.0. The fourth-order valence-corrected chi connectivity index (χ4v) is 10.4. The zero-order valence-corrected chi connectivity index (χ0v) is 49.4. The summed E-state index contributed by atoms with van der Waals surface area (Å²) in [5.41, 5.74) is 0. The normalized spacial score (nSPS) is 12.7. The van der Waals surface area contributed by atoms with Crippen LogP contribution in [0.15, 0.2) is 24.3 Å². The third-order valence-corrected chi connectivity index (χ3v) is 15.5. The molecule has 0 saturated heterocycles. The van der Waals surface area contributed by atoms with Gasteiger partial charge in [-0.25, -0.2) is 0 Å². The number of aliphatic hydroxyl groups excluding tert-OH is 2. The van der Waals surface area contributed by atoms with E-state index in [4.69, 9.17) is 4.74 Å². The highest BCUT2D eigenvalue weighted by Crippen LogP contribution is 2.19. The number of esters is 1. The minimum atomic E-state index is -0.664. The van der Waals surface area contributed by atoms with Crippen LogP contribution in [0.2, 0.25) is 0 Å². The fourth-order valence-electron chi connectivity index (χ4n) is 10.4. The van der Waals surface area contributed by atoms with Gasteiger partial charge in [-0.1, -0.05) is 327 Å². The lowest BCUT2D eigenvalue weighted by Gasteiger charge is -2.22. The van der Waals surface area contributed by atoms with Gasteiger partial charge in [0.25, 0.3) is 0 Å². The predicted molar refractivity (Wildman–Crippen MR) is 320 cm³/mol. The van der Waals surface area contributed by atoms with E-state index < -0.39 is 12.1 Å². The van der Waals surface area contributed by atoms with Gasteiger partial charge in [-0.05, 0) is 51.4 Å². The van der Waals surface area contributed by atoms with Gasteiger partial charge in [0.05, 0.1) is 25.4 Å². The smallest absolute Gasteiger partial charge is 0.305 e. The van der Waals surface area contributed by atoms with Crippen LogP contribution >= 0.6 is 0 Å². The molecule has 432 valence electrons. The van der Waals surface area contributed by atoms with Crippen molar-refractivity contribution in [1.82, 2.24) is 5.32 Å². The Morgan fingerprint density at radius 1 is 0.384 bits per heavy atom. The lowest BCUT2D eigenvalue weighted by molar-refractivity contribution is -0.143. The monoisotopic (exact) mass is 1030 g/mol.